The summed E-state index contributed by atoms with van der Waals surface area (Å²) in [5, 5.41) is 2.50. The number of hydrogen-bond acceptors (Lipinski definition) is 3. The largest absolute Gasteiger partial charge is 0.399 e. The summed E-state index contributed by atoms with van der Waals surface area (Å²) in [6, 6.07) is 8.97. The van der Waals surface area contributed by atoms with Crippen molar-refractivity contribution < 1.29 is 17.8 Å². The Morgan fingerprint density at radius 3 is 2.48 bits per heavy atom. The Morgan fingerprint density at radius 1 is 1.14 bits per heavy atom. The van der Waals surface area contributed by atoms with Gasteiger partial charge in [-0.1, -0.05) is 0 Å². The highest BCUT2D eigenvalue weighted by molar-refractivity contribution is 7.85. The second kappa shape index (κ2) is 6.45. The fourth-order valence-corrected chi connectivity index (χ4v) is 2.61. The zero-order valence-corrected chi connectivity index (χ0v) is 11.6. The van der Waals surface area contributed by atoms with E-state index in [4.69, 9.17) is 5.73 Å². The Hall–Kier alpha value is -2.28. The third-order valence-corrected chi connectivity index (χ3v) is 3.92. The normalized spacial score (nSPS) is 11.9. The molecule has 0 saturated carbocycles. The van der Waals surface area contributed by atoms with E-state index in [9.17, 15) is 17.8 Å². The maximum Gasteiger partial charge on any atom is 0.237 e. The van der Waals surface area contributed by atoms with E-state index in [0.29, 0.717) is 11.4 Å². The van der Waals surface area contributed by atoms with Crippen LogP contribution in [0.25, 0.3) is 0 Å². The van der Waals surface area contributed by atoms with Crippen LogP contribution in [0.1, 0.15) is 0 Å². The summed E-state index contributed by atoms with van der Waals surface area (Å²) in [6.45, 7) is 0. The lowest BCUT2D eigenvalue weighted by molar-refractivity contribution is -0.113. The first-order valence-electron chi connectivity index (χ1n) is 5.94. The molecule has 2 rings (SSSR count). The van der Waals surface area contributed by atoms with Crippen molar-refractivity contribution in [3.8, 4) is 0 Å². The molecule has 0 aromatic heterocycles. The predicted octanol–water partition coefficient (Wildman–Crippen LogP) is 2.29. The maximum atomic E-state index is 13.4. The lowest BCUT2D eigenvalue weighted by Crippen LogP contribution is -2.20. The van der Waals surface area contributed by atoms with Gasteiger partial charge < -0.3 is 11.1 Å². The highest BCUT2D eigenvalue weighted by Crippen LogP contribution is 2.15. The molecule has 110 valence electrons. The molecule has 1 atom stereocenters. The lowest BCUT2D eigenvalue weighted by Gasteiger charge is -2.06. The SMILES string of the molecule is Nc1ccc(NC(=O)CS(=O)c2cc(F)ccc2F)cc1. The van der Waals surface area contributed by atoms with E-state index in [2.05, 4.69) is 5.32 Å². The third kappa shape index (κ3) is 4.09. The van der Waals surface area contributed by atoms with Crippen molar-refractivity contribution in [3.05, 3.63) is 54.1 Å². The number of nitrogen functional groups attached to an aromatic ring is 1. The Kier molecular flexibility index (Phi) is 4.64. The van der Waals surface area contributed by atoms with Gasteiger partial charge in [0.25, 0.3) is 0 Å². The van der Waals surface area contributed by atoms with E-state index in [-0.39, 0.29) is 4.90 Å². The number of carbonyl (C=O) groups is 1. The Balaban J connectivity index is 2.03. The van der Waals surface area contributed by atoms with Gasteiger partial charge in [0.2, 0.25) is 5.91 Å². The Labute approximate surface area is 122 Å². The minimum atomic E-state index is -1.97. The van der Waals surface area contributed by atoms with Gasteiger partial charge in [0.05, 0.1) is 15.7 Å². The summed E-state index contributed by atoms with van der Waals surface area (Å²) < 4.78 is 38.3. The monoisotopic (exact) mass is 310 g/mol. The molecule has 1 amide bonds. The third-order valence-electron chi connectivity index (χ3n) is 2.60. The number of halogens is 2. The fourth-order valence-electron chi connectivity index (χ4n) is 1.61. The number of anilines is 2. The summed E-state index contributed by atoms with van der Waals surface area (Å²) in [5.74, 6) is -2.56. The Morgan fingerprint density at radius 2 is 1.81 bits per heavy atom. The smallest absolute Gasteiger partial charge is 0.237 e. The highest BCUT2D eigenvalue weighted by Gasteiger charge is 2.15. The molecule has 0 aliphatic carbocycles. The van der Waals surface area contributed by atoms with Gasteiger partial charge in [0, 0.05) is 11.4 Å². The molecule has 0 bridgehead atoms. The van der Waals surface area contributed by atoms with Gasteiger partial charge >= 0.3 is 0 Å². The van der Waals surface area contributed by atoms with E-state index in [0.717, 1.165) is 18.2 Å². The van der Waals surface area contributed by atoms with Crippen molar-refractivity contribution in [2.45, 2.75) is 4.90 Å². The molecule has 0 aliphatic heterocycles. The average molecular weight is 310 g/mol. The van der Waals surface area contributed by atoms with Crippen molar-refractivity contribution in [1.82, 2.24) is 0 Å². The molecule has 0 spiro atoms. The molecule has 1 unspecified atom stereocenters. The average Bonchev–Trinajstić information content (AvgIpc) is 2.44. The topological polar surface area (TPSA) is 72.2 Å². The first-order valence-corrected chi connectivity index (χ1v) is 7.26. The number of hydrogen-bond donors (Lipinski definition) is 2. The number of benzene rings is 2. The molecule has 0 aliphatic rings. The summed E-state index contributed by atoms with van der Waals surface area (Å²) in [5.41, 5.74) is 6.52. The number of amides is 1. The van der Waals surface area contributed by atoms with Crippen molar-refractivity contribution in [2.24, 2.45) is 0 Å². The molecule has 0 saturated heterocycles. The van der Waals surface area contributed by atoms with Crippen LogP contribution in [0.3, 0.4) is 0 Å². The summed E-state index contributed by atoms with van der Waals surface area (Å²) in [7, 11) is -1.97. The molecule has 7 heteroatoms. The van der Waals surface area contributed by atoms with Crippen molar-refractivity contribution in [2.75, 3.05) is 16.8 Å². The highest BCUT2D eigenvalue weighted by atomic mass is 32.2. The fraction of sp³-hybridized carbons (Fsp3) is 0.0714. The van der Waals surface area contributed by atoms with Gasteiger partial charge in [-0.25, -0.2) is 8.78 Å². The van der Waals surface area contributed by atoms with E-state index in [1.165, 1.54) is 0 Å². The zero-order chi connectivity index (χ0) is 15.4. The number of nitrogens with two attached hydrogens (primary N) is 1. The molecular formula is C14H12F2N2O2S. The number of nitrogens with one attached hydrogen (secondary N) is 1. The molecule has 3 N–H and O–H groups in total. The maximum absolute atomic E-state index is 13.4. The van der Waals surface area contributed by atoms with Crippen LogP contribution in [0.15, 0.2) is 47.4 Å². The van der Waals surface area contributed by atoms with Gasteiger partial charge in [-0.15, -0.1) is 0 Å². The van der Waals surface area contributed by atoms with E-state index >= 15 is 0 Å². The van der Waals surface area contributed by atoms with Gasteiger partial charge in [-0.3, -0.25) is 9.00 Å². The molecule has 0 radical (unpaired) electrons. The van der Waals surface area contributed by atoms with Gasteiger partial charge in [-0.05, 0) is 42.5 Å². The minimum absolute atomic E-state index is 0.331. The van der Waals surface area contributed by atoms with Crippen LogP contribution in [0.4, 0.5) is 20.2 Å². The predicted molar refractivity (Wildman–Crippen MR) is 77.1 cm³/mol. The second-order valence-electron chi connectivity index (χ2n) is 4.23. The van der Waals surface area contributed by atoms with Crippen molar-refractivity contribution in [1.29, 1.82) is 0 Å². The van der Waals surface area contributed by atoms with Crippen LogP contribution in [0.5, 0.6) is 0 Å². The number of carbonyl (C=O) groups excluding carboxylic acids is 1. The number of rotatable bonds is 4. The first-order chi connectivity index (χ1) is 9.95. The van der Waals surface area contributed by atoms with E-state index in [1.54, 1.807) is 24.3 Å². The zero-order valence-electron chi connectivity index (χ0n) is 10.8. The van der Waals surface area contributed by atoms with Crippen LogP contribution in [-0.4, -0.2) is 15.9 Å². The van der Waals surface area contributed by atoms with Crippen LogP contribution in [0.2, 0.25) is 0 Å². The second-order valence-corrected chi connectivity index (χ2v) is 5.65. The molecule has 0 heterocycles. The first kappa shape index (κ1) is 15.1. The minimum Gasteiger partial charge on any atom is -0.399 e. The Bertz CT molecular complexity index is 690. The summed E-state index contributed by atoms with van der Waals surface area (Å²) >= 11 is 0. The molecular weight excluding hydrogens is 298 g/mol. The summed E-state index contributed by atoms with van der Waals surface area (Å²) in [4.78, 5) is 11.4. The molecule has 2 aromatic rings. The van der Waals surface area contributed by atoms with Gasteiger partial charge in [0.15, 0.2) is 0 Å². The van der Waals surface area contributed by atoms with Crippen LogP contribution in [-0.2, 0) is 15.6 Å². The van der Waals surface area contributed by atoms with Crippen molar-refractivity contribution in [3.63, 3.8) is 0 Å². The van der Waals surface area contributed by atoms with Crippen LogP contribution >= 0.6 is 0 Å². The summed E-state index contributed by atoms with van der Waals surface area (Å²) in [6.07, 6.45) is 0. The van der Waals surface area contributed by atoms with Crippen molar-refractivity contribution >= 4 is 28.1 Å². The van der Waals surface area contributed by atoms with Crippen LogP contribution in [0, 0.1) is 11.6 Å². The quantitative estimate of drug-likeness (QED) is 0.851. The molecule has 0 fully saturated rings. The standard InChI is InChI=1S/C14H12F2N2O2S/c15-9-1-6-12(16)13(7-9)21(20)8-14(19)18-11-4-2-10(17)3-5-11/h1-7H,8,17H2,(H,18,19). The van der Waals surface area contributed by atoms with Gasteiger partial charge in [-0.2, -0.15) is 0 Å². The van der Waals surface area contributed by atoms with E-state index < -0.39 is 34.1 Å². The molecule has 2 aromatic carbocycles. The molecule has 4 nitrogen and oxygen atoms in total. The van der Waals surface area contributed by atoms with Gasteiger partial charge in [0.1, 0.15) is 17.4 Å². The lowest BCUT2D eigenvalue weighted by atomic mass is 10.3. The molecule has 21 heavy (non-hydrogen) atoms. The van der Waals surface area contributed by atoms with Crippen LogP contribution < -0.4 is 11.1 Å². The van der Waals surface area contributed by atoms with E-state index in [1.807, 2.05) is 0 Å².